The van der Waals surface area contributed by atoms with Gasteiger partial charge in [-0.1, -0.05) is 18.2 Å². The SMILES string of the molecule is Cc1nnc(CN=C(NCCN2CCOCC2)NC2CCN(c3ccccc3)C2)n1C.I. The number of hydrogen-bond acceptors (Lipinski definition) is 6. The summed E-state index contributed by atoms with van der Waals surface area (Å²) in [6.45, 7) is 9.93. The fraction of sp³-hybridized carbons (Fsp3) is 0.591. The van der Waals surface area contributed by atoms with Crippen LogP contribution >= 0.6 is 24.0 Å². The van der Waals surface area contributed by atoms with E-state index in [1.165, 1.54) is 5.69 Å². The Hall–Kier alpha value is -1.92. The fourth-order valence-corrected chi connectivity index (χ4v) is 3.99. The van der Waals surface area contributed by atoms with E-state index in [1.54, 1.807) is 0 Å². The van der Waals surface area contributed by atoms with Crippen LogP contribution in [-0.2, 0) is 18.3 Å². The number of benzene rings is 1. The summed E-state index contributed by atoms with van der Waals surface area (Å²) < 4.78 is 7.43. The molecule has 10 heteroatoms. The van der Waals surface area contributed by atoms with Crippen molar-refractivity contribution in [3.8, 4) is 0 Å². The Kier molecular flexibility index (Phi) is 9.54. The number of nitrogens with one attached hydrogen (secondary N) is 2. The van der Waals surface area contributed by atoms with Crippen LogP contribution in [0.25, 0.3) is 0 Å². The number of morpholine rings is 1. The summed E-state index contributed by atoms with van der Waals surface area (Å²) >= 11 is 0. The van der Waals surface area contributed by atoms with E-state index in [-0.39, 0.29) is 24.0 Å². The van der Waals surface area contributed by atoms with Crippen molar-refractivity contribution in [1.82, 2.24) is 30.3 Å². The Morgan fingerprint density at radius 1 is 1.16 bits per heavy atom. The van der Waals surface area contributed by atoms with Crippen LogP contribution in [0.2, 0.25) is 0 Å². The topological polar surface area (TPSA) is 82.8 Å². The lowest BCUT2D eigenvalue weighted by molar-refractivity contribution is 0.0389. The Morgan fingerprint density at radius 2 is 1.94 bits per heavy atom. The highest BCUT2D eigenvalue weighted by atomic mass is 127. The third-order valence-electron chi connectivity index (χ3n) is 6.04. The average molecular weight is 554 g/mol. The second kappa shape index (κ2) is 12.4. The fourth-order valence-electron chi connectivity index (χ4n) is 3.99. The Morgan fingerprint density at radius 3 is 2.66 bits per heavy atom. The van der Waals surface area contributed by atoms with Crippen LogP contribution in [0, 0.1) is 6.92 Å². The number of aliphatic imine (C=N–C) groups is 1. The molecule has 2 aliphatic heterocycles. The second-order valence-corrected chi connectivity index (χ2v) is 8.18. The van der Waals surface area contributed by atoms with Crippen molar-refractivity contribution in [2.45, 2.75) is 25.9 Å². The van der Waals surface area contributed by atoms with E-state index in [0.29, 0.717) is 12.6 Å². The minimum absolute atomic E-state index is 0. The van der Waals surface area contributed by atoms with E-state index < -0.39 is 0 Å². The average Bonchev–Trinajstić information content (AvgIpc) is 3.40. The highest BCUT2D eigenvalue weighted by Gasteiger charge is 2.23. The Bertz CT molecular complexity index is 853. The molecule has 1 aromatic carbocycles. The summed E-state index contributed by atoms with van der Waals surface area (Å²) in [7, 11) is 1.98. The zero-order chi connectivity index (χ0) is 21.5. The van der Waals surface area contributed by atoms with Gasteiger partial charge in [0, 0.05) is 58.0 Å². The molecule has 0 radical (unpaired) electrons. The van der Waals surface area contributed by atoms with Gasteiger partial charge in [0.25, 0.3) is 0 Å². The molecule has 2 N–H and O–H groups in total. The Balaban J connectivity index is 0.00000289. The van der Waals surface area contributed by atoms with Crippen LogP contribution in [0.4, 0.5) is 5.69 Å². The van der Waals surface area contributed by atoms with E-state index >= 15 is 0 Å². The van der Waals surface area contributed by atoms with Crippen molar-refractivity contribution in [3.05, 3.63) is 42.0 Å². The molecule has 1 unspecified atom stereocenters. The maximum atomic E-state index is 5.45. The third kappa shape index (κ3) is 6.79. The zero-order valence-corrected chi connectivity index (χ0v) is 21.4. The number of para-hydroxylation sites is 1. The normalized spacial score (nSPS) is 19.6. The van der Waals surface area contributed by atoms with Gasteiger partial charge in [-0.25, -0.2) is 4.99 Å². The van der Waals surface area contributed by atoms with Gasteiger partial charge in [0.2, 0.25) is 0 Å². The second-order valence-electron chi connectivity index (χ2n) is 8.18. The maximum Gasteiger partial charge on any atom is 0.192 e. The molecule has 2 fully saturated rings. The molecule has 2 aliphatic rings. The number of nitrogens with zero attached hydrogens (tertiary/aromatic N) is 6. The molecule has 0 saturated carbocycles. The predicted molar refractivity (Wildman–Crippen MR) is 138 cm³/mol. The number of ether oxygens (including phenoxy) is 1. The molecule has 32 heavy (non-hydrogen) atoms. The molecule has 1 aromatic heterocycles. The van der Waals surface area contributed by atoms with Crippen LogP contribution in [0.15, 0.2) is 35.3 Å². The van der Waals surface area contributed by atoms with Gasteiger partial charge < -0.3 is 24.8 Å². The van der Waals surface area contributed by atoms with Crippen molar-refractivity contribution in [2.75, 3.05) is 57.4 Å². The third-order valence-corrected chi connectivity index (χ3v) is 6.04. The first-order valence-corrected chi connectivity index (χ1v) is 11.2. The number of hydrogen-bond donors (Lipinski definition) is 2. The van der Waals surface area contributed by atoms with E-state index in [0.717, 1.165) is 76.5 Å². The number of aromatic nitrogens is 3. The minimum atomic E-state index is 0. The first-order chi connectivity index (χ1) is 15.2. The molecule has 1 atom stereocenters. The van der Waals surface area contributed by atoms with Crippen molar-refractivity contribution >= 4 is 35.6 Å². The van der Waals surface area contributed by atoms with Gasteiger partial charge in [-0.3, -0.25) is 4.90 Å². The van der Waals surface area contributed by atoms with Crippen LogP contribution in [0.3, 0.4) is 0 Å². The van der Waals surface area contributed by atoms with Gasteiger partial charge >= 0.3 is 0 Å². The molecular formula is C22H35IN8O. The van der Waals surface area contributed by atoms with E-state index in [4.69, 9.17) is 9.73 Å². The first-order valence-electron chi connectivity index (χ1n) is 11.2. The number of guanidine groups is 1. The lowest BCUT2D eigenvalue weighted by Gasteiger charge is -2.27. The van der Waals surface area contributed by atoms with Crippen molar-refractivity contribution in [3.63, 3.8) is 0 Å². The largest absolute Gasteiger partial charge is 0.379 e. The van der Waals surface area contributed by atoms with E-state index in [9.17, 15) is 0 Å². The molecule has 3 heterocycles. The molecule has 0 bridgehead atoms. The molecule has 0 aliphatic carbocycles. The van der Waals surface area contributed by atoms with Gasteiger partial charge in [0.15, 0.2) is 11.8 Å². The number of halogens is 1. The molecule has 4 rings (SSSR count). The molecule has 2 saturated heterocycles. The molecular weight excluding hydrogens is 519 g/mol. The van der Waals surface area contributed by atoms with Crippen molar-refractivity contribution in [2.24, 2.45) is 12.0 Å². The van der Waals surface area contributed by atoms with Gasteiger partial charge in [-0.15, -0.1) is 34.2 Å². The van der Waals surface area contributed by atoms with Gasteiger partial charge in [0.05, 0.1) is 13.2 Å². The summed E-state index contributed by atoms with van der Waals surface area (Å²) in [6.07, 6.45) is 1.09. The predicted octanol–water partition coefficient (Wildman–Crippen LogP) is 1.39. The quantitative estimate of drug-likeness (QED) is 0.304. The number of rotatable bonds is 7. The lowest BCUT2D eigenvalue weighted by Crippen LogP contribution is -2.47. The van der Waals surface area contributed by atoms with E-state index in [1.807, 2.05) is 18.5 Å². The molecule has 176 valence electrons. The number of aryl methyl sites for hydroxylation is 1. The summed E-state index contributed by atoms with van der Waals surface area (Å²) in [5, 5.41) is 15.6. The van der Waals surface area contributed by atoms with Crippen molar-refractivity contribution < 1.29 is 4.74 Å². The van der Waals surface area contributed by atoms with Gasteiger partial charge in [0.1, 0.15) is 12.4 Å². The summed E-state index contributed by atoms with van der Waals surface area (Å²) in [4.78, 5) is 9.67. The smallest absolute Gasteiger partial charge is 0.192 e. The zero-order valence-electron chi connectivity index (χ0n) is 19.0. The summed E-state index contributed by atoms with van der Waals surface area (Å²) in [5.41, 5.74) is 1.28. The Labute approximate surface area is 207 Å². The van der Waals surface area contributed by atoms with Crippen LogP contribution < -0.4 is 15.5 Å². The van der Waals surface area contributed by atoms with E-state index in [2.05, 4.69) is 61.0 Å². The summed E-state index contributed by atoms with van der Waals surface area (Å²) in [5.74, 6) is 2.60. The highest BCUT2D eigenvalue weighted by Crippen LogP contribution is 2.19. The number of anilines is 1. The van der Waals surface area contributed by atoms with Crippen LogP contribution in [0.5, 0.6) is 0 Å². The van der Waals surface area contributed by atoms with Crippen LogP contribution in [0.1, 0.15) is 18.1 Å². The molecule has 9 nitrogen and oxygen atoms in total. The summed E-state index contributed by atoms with van der Waals surface area (Å²) in [6, 6.07) is 11.0. The molecule has 0 spiro atoms. The molecule has 2 aromatic rings. The standard InChI is InChI=1S/C22H34N8O.HI/c1-18-26-27-21(28(18)2)16-24-22(23-9-11-29-12-14-31-15-13-29)25-19-8-10-30(17-19)20-6-4-3-5-7-20;/h3-7,19H,8-17H2,1-2H3,(H2,23,24,25);1H. The first kappa shape index (κ1) is 24.7. The van der Waals surface area contributed by atoms with Gasteiger partial charge in [-0.05, 0) is 25.5 Å². The van der Waals surface area contributed by atoms with Crippen LogP contribution in [-0.4, -0.2) is 84.1 Å². The van der Waals surface area contributed by atoms with Crippen molar-refractivity contribution in [1.29, 1.82) is 0 Å². The maximum absolute atomic E-state index is 5.45. The monoisotopic (exact) mass is 554 g/mol. The minimum Gasteiger partial charge on any atom is -0.379 e. The van der Waals surface area contributed by atoms with Gasteiger partial charge in [-0.2, -0.15) is 0 Å². The highest BCUT2D eigenvalue weighted by molar-refractivity contribution is 14.0. The lowest BCUT2D eigenvalue weighted by atomic mass is 10.2. The molecule has 0 amide bonds.